The second-order valence-corrected chi connectivity index (χ2v) is 4.80. The molecule has 1 aromatic rings. The fourth-order valence-corrected chi connectivity index (χ4v) is 2.00. The third-order valence-electron chi connectivity index (χ3n) is 3.25. The summed E-state index contributed by atoms with van der Waals surface area (Å²) in [6.45, 7) is 5.45. The first-order valence-corrected chi connectivity index (χ1v) is 5.01. The van der Waals surface area contributed by atoms with Crippen molar-refractivity contribution in [2.24, 2.45) is 0 Å². The molecule has 1 aliphatic rings. The van der Waals surface area contributed by atoms with Crippen LogP contribution in [0.25, 0.3) is 0 Å². The van der Waals surface area contributed by atoms with E-state index in [9.17, 15) is 5.11 Å². The summed E-state index contributed by atoms with van der Waals surface area (Å²) in [5.74, 6) is 0.379. The van der Waals surface area contributed by atoms with Crippen LogP contribution in [0, 0.1) is 0 Å². The number of nitrogens with zero attached hydrogens (tertiary/aromatic N) is 1. The highest BCUT2D eigenvalue weighted by molar-refractivity contribution is 5.37. The lowest BCUT2D eigenvalue weighted by atomic mass is 9.86. The molecule has 0 bridgehead atoms. The first-order chi connectivity index (χ1) is 6.49. The van der Waals surface area contributed by atoms with Crippen molar-refractivity contribution in [1.29, 1.82) is 0 Å². The molecule has 1 aromatic carbocycles. The van der Waals surface area contributed by atoms with Crippen molar-refractivity contribution in [2.45, 2.75) is 32.4 Å². The van der Waals surface area contributed by atoms with Crippen molar-refractivity contribution in [1.82, 2.24) is 4.90 Å². The Morgan fingerprint density at radius 2 is 2.00 bits per heavy atom. The van der Waals surface area contributed by atoms with Crippen LogP contribution in [-0.4, -0.2) is 22.6 Å². The van der Waals surface area contributed by atoms with Crippen molar-refractivity contribution in [3.63, 3.8) is 0 Å². The Balaban J connectivity index is 2.41. The highest BCUT2D eigenvalue weighted by atomic mass is 16.3. The maximum Gasteiger partial charge on any atom is 0.115 e. The molecule has 2 rings (SSSR count). The molecule has 2 nitrogen and oxygen atoms in total. The number of rotatable bonds is 0. The second-order valence-electron chi connectivity index (χ2n) is 4.80. The predicted molar refractivity (Wildman–Crippen MR) is 57.4 cm³/mol. The highest BCUT2D eigenvalue weighted by Gasteiger charge is 2.29. The Labute approximate surface area is 85.2 Å². The molecule has 0 unspecified atom stereocenters. The van der Waals surface area contributed by atoms with Gasteiger partial charge in [0.05, 0.1) is 0 Å². The van der Waals surface area contributed by atoms with Gasteiger partial charge < -0.3 is 5.11 Å². The number of likely N-dealkylation sites (N-methyl/N-ethyl adjacent to an activating group) is 1. The normalized spacial score (nSPS) is 20.5. The minimum atomic E-state index is 0.195. The fraction of sp³-hybridized carbons (Fsp3) is 0.500. The third-order valence-corrected chi connectivity index (χ3v) is 3.25. The van der Waals surface area contributed by atoms with Crippen LogP contribution in [0.2, 0.25) is 0 Å². The van der Waals surface area contributed by atoms with E-state index in [0.29, 0.717) is 5.75 Å². The van der Waals surface area contributed by atoms with Crippen molar-refractivity contribution >= 4 is 0 Å². The lowest BCUT2D eigenvalue weighted by Crippen LogP contribution is -2.45. The summed E-state index contributed by atoms with van der Waals surface area (Å²) in [6, 6.07) is 5.69. The standard InChI is InChI=1S/C12H17NO/c1-12(2)7-10-6-11(14)5-4-9(10)8-13(12)3/h4-6,14H,7-8H2,1-3H3. The second kappa shape index (κ2) is 2.99. The molecule has 76 valence electrons. The van der Waals surface area contributed by atoms with Crippen LogP contribution in [0.4, 0.5) is 0 Å². The molecule has 2 heteroatoms. The molecule has 0 aromatic heterocycles. The zero-order chi connectivity index (χ0) is 10.3. The smallest absolute Gasteiger partial charge is 0.115 e. The van der Waals surface area contributed by atoms with Crippen LogP contribution in [-0.2, 0) is 13.0 Å². The zero-order valence-electron chi connectivity index (χ0n) is 9.04. The van der Waals surface area contributed by atoms with Gasteiger partial charge in [-0.1, -0.05) is 6.07 Å². The summed E-state index contributed by atoms with van der Waals surface area (Å²) < 4.78 is 0. The lowest BCUT2D eigenvalue weighted by molar-refractivity contribution is 0.133. The van der Waals surface area contributed by atoms with Gasteiger partial charge in [0.1, 0.15) is 5.75 Å². The average molecular weight is 191 g/mol. The first-order valence-electron chi connectivity index (χ1n) is 5.01. The highest BCUT2D eigenvalue weighted by Crippen LogP contribution is 2.30. The molecular formula is C12H17NO. The Bertz CT molecular complexity index is 357. The van der Waals surface area contributed by atoms with E-state index < -0.39 is 0 Å². The van der Waals surface area contributed by atoms with Gasteiger partial charge in [-0.05, 0) is 50.6 Å². The van der Waals surface area contributed by atoms with E-state index >= 15 is 0 Å². The van der Waals surface area contributed by atoms with Crippen molar-refractivity contribution in [3.05, 3.63) is 29.3 Å². The number of aromatic hydroxyl groups is 1. The van der Waals surface area contributed by atoms with E-state index in [4.69, 9.17) is 0 Å². The van der Waals surface area contributed by atoms with E-state index in [1.165, 1.54) is 11.1 Å². The number of hydrogen-bond acceptors (Lipinski definition) is 2. The van der Waals surface area contributed by atoms with Crippen molar-refractivity contribution in [2.75, 3.05) is 7.05 Å². The molecule has 1 aliphatic heterocycles. The molecule has 1 heterocycles. The van der Waals surface area contributed by atoms with Gasteiger partial charge in [0.25, 0.3) is 0 Å². The monoisotopic (exact) mass is 191 g/mol. The van der Waals surface area contributed by atoms with Crippen LogP contribution in [0.3, 0.4) is 0 Å². The first kappa shape index (κ1) is 9.53. The fourth-order valence-electron chi connectivity index (χ4n) is 2.00. The number of benzene rings is 1. The molecule has 0 saturated heterocycles. The number of phenolic OH excluding ortho intramolecular Hbond substituents is 1. The lowest BCUT2D eigenvalue weighted by Gasteiger charge is -2.40. The van der Waals surface area contributed by atoms with Gasteiger partial charge in [0.15, 0.2) is 0 Å². The van der Waals surface area contributed by atoms with E-state index in [0.717, 1.165) is 13.0 Å². The van der Waals surface area contributed by atoms with Crippen LogP contribution >= 0.6 is 0 Å². The summed E-state index contributed by atoms with van der Waals surface area (Å²) >= 11 is 0. The van der Waals surface area contributed by atoms with Crippen molar-refractivity contribution in [3.8, 4) is 5.75 Å². The largest absolute Gasteiger partial charge is 0.508 e. The van der Waals surface area contributed by atoms with E-state index in [-0.39, 0.29) is 5.54 Å². The maximum atomic E-state index is 9.41. The van der Waals surface area contributed by atoms with Crippen LogP contribution in [0.15, 0.2) is 18.2 Å². The average Bonchev–Trinajstić information content (AvgIpc) is 2.07. The van der Waals surface area contributed by atoms with Gasteiger partial charge in [-0.25, -0.2) is 0 Å². The van der Waals surface area contributed by atoms with Gasteiger partial charge in [0, 0.05) is 12.1 Å². The van der Waals surface area contributed by atoms with Gasteiger partial charge in [-0.3, -0.25) is 4.90 Å². The Morgan fingerprint density at radius 1 is 1.29 bits per heavy atom. The Morgan fingerprint density at radius 3 is 2.71 bits per heavy atom. The molecule has 0 amide bonds. The third kappa shape index (κ3) is 1.50. The summed E-state index contributed by atoms with van der Waals surface area (Å²) in [4.78, 5) is 2.35. The Hall–Kier alpha value is -1.02. The van der Waals surface area contributed by atoms with Crippen LogP contribution in [0.5, 0.6) is 5.75 Å². The molecule has 0 radical (unpaired) electrons. The molecule has 0 fully saturated rings. The van der Waals surface area contributed by atoms with Gasteiger partial charge in [0.2, 0.25) is 0 Å². The van der Waals surface area contributed by atoms with Gasteiger partial charge >= 0.3 is 0 Å². The van der Waals surface area contributed by atoms with E-state index in [2.05, 4.69) is 25.8 Å². The molecule has 1 N–H and O–H groups in total. The molecular weight excluding hydrogens is 174 g/mol. The SMILES string of the molecule is CN1Cc2ccc(O)cc2CC1(C)C. The van der Waals surface area contributed by atoms with Crippen LogP contribution < -0.4 is 0 Å². The van der Waals surface area contributed by atoms with E-state index in [1.54, 1.807) is 6.07 Å². The molecule has 0 saturated carbocycles. The molecule has 14 heavy (non-hydrogen) atoms. The number of fused-ring (bicyclic) bond motifs is 1. The number of phenols is 1. The minimum absolute atomic E-state index is 0.195. The molecule has 0 aliphatic carbocycles. The summed E-state index contributed by atoms with van der Waals surface area (Å²) in [5.41, 5.74) is 2.82. The quantitative estimate of drug-likeness (QED) is 0.679. The van der Waals surface area contributed by atoms with E-state index in [1.807, 2.05) is 12.1 Å². The topological polar surface area (TPSA) is 23.5 Å². The number of hydrogen-bond donors (Lipinski definition) is 1. The summed E-state index contributed by atoms with van der Waals surface area (Å²) in [6.07, 6.45) is 1.01. The Kier molecular flexibility index (Phi) is 2.04. The van der Waals surface area contributed by atoms with Gasteiger partial charge in [-0.2, -0.15) is 0 Å². The molecule has 0 spiro atoms. The minimum Gasteiger partial charge on any atom is -0.508 e. The summed E-state index contributed by atoms with van der Waals surface area (Å²) in [5, 5.41) is 9.41. The zero-order valence-corrected chi connectivity index (χ0v) is 9.04. The summed E-state index contributed by atoms with van der Waals surface area (Å²) in [7, 11) is 2.15. The van der Waals surface area contributed by atoms with Crippen molar-refractivity contribution < 1.29 is 5.11 Å². The van der Waals surface area contributed by atoms with Crippen LogP contribution in [0.1, 0.15) is 25.0 Å². The predicted octanol–water partition coefficient (Wildman–Crippen LogP) is 2.16. The maximum absolute atomic E-state index is 9.41. The molecule has 0 atom stereocenters. The van der Waals surface area contributed by atoms with Gasteiger partial charge in [-0.15, -0.1) is 0 Å².